The Hall–Kier alpha value is -3.10. The predicted molar refractivity (Wildman–Crippen MR) is 99.5 cm³/mol. The van der Waals surface area contributed by atoms with Gasteiger partial charge in [-0.3, -0.25) is 9.59 Å². The average Bonchev–Trinajstić information content (AvgIpc) is 2.68. The minimum atomic E-state index is -0.405. The SMILES string of the molecule is O=C(C#Cc1ccccc1)Nc1ccc(C(=O)N2CCC(O)CC2)cc1. The molecule has 2 aromatic rings. The zero-order valence-electron chi connectivity index (χ0n) is 14.3. The van der Waals surface area contributed by atoms with Crippen LogP contribution in [0.25, 0.3) is 0 Å². The molecule has 1 fully saturated rings. The molecule has 1 heterocycles. The molecule has 3 rings (SSSR count). The maximum absolute atomic E-state index is 12.4. The molecule has 0 atom stereocenters. The van der Waals surface area contributed by atoms with Crippen LogP contribution in [0.2, 0.25) is 0 Å². The third kappa shape index (κ3) is 4.71. The average molecular weight is 348 g/mol. The van der Waals surface area contributed by atoms with Gasteiger partial charge >= 0.3 is 5.91 Å². The van der Waals surface area contributed by atoms with E-state index >= 15 is 0 Å². The van der Waals surface area contributed by atoms with Crippen molar-refractivity contribution >= 4 is 17.5 Å². The lowest BCUT2D eigenvalue weighted by Crippen LogP contribution is -2.40. The van der Waals surface area contributed by atoms with E-state index in [-0.39, 0.29) is 12.0 Å². The summed E-state index contributed by atoms with van der Waals surface area (Å²) >= 11 is 0. The summed E-state index contributed by atoms with van der Waals surface area (Å²) in [5, 5.41) is 12.2. The molecule has 0 aromatic heterocycles. The molecule has 2 amide bonds. The number of aliphatic hydroxyl groups is 1. The molecule has 2 aromatic carbocycles. The Morgan fingerprint density at radius 1 is 1.00 bits per heavy atom. The molecule has 0 unspecified atom stereocenters. The molecule has 1 aliphatic heterocycles. The van der Waals surface area contributed by atoms with Gasteiger partial charge in [0.2, 0.25) is 0 Å². The molecule has 26 heavy (non-hydrogen) atoms. The first kappa shape index (κ1) is 17.7. The number of nitrogens with zero attached hydrogens (tertiary/aromatic N) is 1. The van der Waals surface area contributed by atoms with Crippen LogP contribution in [0.1, 0.15) is 28.8 Å². The first-order valence-electron chi connectivity index (χ1n) is 8.57. The number of benzene rings is 2. The molecule has 0 aliphatic carbocycles. The van der Waals surface area contributed by atoms with Crippen LogP contribution >= 0.6 is 0 Å². The molecular weight excluding hydrogens is 328 g/mol. The van der Waals surface area contributed by atoms with Crippen LogP contribution in [0.3, 0.4) is 0 Å². The van der Waals surface area contributed by atoms with E-state index in [9.17, 15) is 14.7 Å². The summed E-state index contributed by atoms with van der Waals surface area (Å²) in [5.74, 6) is 4.88. The van der Waals surface area contributed by atoms with E-state index in [2.05, 4.69) is 17.2 Å². The number of anilines is 1. The van der Waals surface area contributed by atoms with Crippen molar-refractivity contribution in [2.24, 2.45) is 0 Å². The van der Waals surface area contributed by atoms with E-state index in [0.29, 0.717) is 37.2 Å². The van der Waals surface area contributed by atoms with E-state index < -0.39 is 5.91 Å². The van der Waals surface area contributed by atoms with Crippen LogP contribution in [0.5, 0.6) is 0 Å². The highest BCUT2D eigenvalue weighted by molar-refractivity contribution is 6.04. The Morgan fingerprint density at radius 2 is 1.65 bits per heavy atom. The molecule has 0 saturated carbocycles. The van der Waals surface area contributed by atoms with Crippen molar-refractivity contribution in [3.8, 4) is 11.8 Å². The van der Waals surface area contributed by atoms with E-state index in [1.807, 2.05) is 30.3 Å². The summed E-state index contributed by atoms with van der Waals surface area (Å²) < 4.78 is 0. The third-order valence-electron chi connectivity index (χ3n) is 4.24. The summed E-state index contributed by atoms with van der Waals surface area (Å²) in [6.07, 6.45) is 0.911. The van der Waals surface area contributed by atoms with Crippen molar-refractivity contribution in [3.63, 3.8) is 0 Å². The van der Waals surface area contributed by atoms with E-state index in [0.717, 1.165) is 5.56 Å². The van der Waals surface area contributed by atoms with Crippen molar-refractivity contribution in [1.82, 2.24) is 4.90 Å². The maximum Gasteiger partial charge on any atom is 0.300 e. The second kappa shape index (κ2) is 8.32. The van der Waals surface area contributed by atoms with Crippen molar-refractivity contribution in [2.75, 3.05) is 18.4 Å². The minimum Gasteiger partial charge on any atom is -0.393 e. The monoisotopic (exact) mass is 348 g/mol. The van der Waals surface area contributed by atoms with Gasteiger partial charge in [-0.2, -0.15) is 0 Å². The molecule has 1 saturated heterocycles. The standard InChI is InChI=1S/C21H20N2O3/c24-19-12-14-23(15-13-19)21(26)17-7-9-18(10-8-17)22-20(25)11-6-16-4-2-1-3-5-16/h1-5,7-10,19,24H,12-15H2,(H,22,25). The van der Waals surface area contributed by atoms with E-state index in [1.165, 1.54) is 0 Å². The van der Waals surface area contributed by atoms with E-state index in [1.54, 1.807) is 29.2 Å². The Balaban J connectivity index is 1.58. The van der Waals surface area contributed by atoms with Crippen LogP contribution in [-0.4, -0.2) is 41.0 Å². The van der Waals surface area contributed by atoms with Crippen LogP contribution in [-0.2, 0) is 4.79 Å². The highest BCUT2D eigenvalue weighted by Gasteiger charge is 2.22. The summed E-state index contributed by atoms with van der Waals surface area (Å²) in [6.45, 7) is 1.13. The Labute approximate surface area is 152 Å². The summed E-state index contributed by atoms with van der Waals surface area (Å²) in [6, 6.07) is 16.0. The molecule has 0 radical (unpaired) electrons. The number of likely N-dealkylation sites (tertiary alicyclic amines) is 1. The zero-order chi connectivity index (χ0) is 18.4. The lowest BCUT2D eigenvalue weighted by Gasteiger charge is -2.29. The molecular formula is C21H20N2O3. The quantitative estimate of drug-likeness (QED) is 0.818. The second-order valence-corrected chi connectivity index (χ2v) is 6.17. The molecule has 0 bridgehead atoms. The van der Waals surface area contributed by atoms with Gasteiger partial charge in [0.15, 0.2) is 0 Å². The van der Waals surface area contributed by atoms with Crippen LogP contribution in [0.4, 0.5) is 5.69 Å². The topological polar surface area (TPSA) is 69.6 Å². The normalized spacial score (nSPS) is 14.3. The summed E-state index contributed by atoms with van der Waals surface area (Å²) in [4.78, 5) is 26.1. The maximum atomic E-state index is 12.4. The smallest absolute Gasteiger partial charge is 0.300 e. The first-order valence-corrected chi connectivity index (χ1v) is 8.57. The molecule has 0 spiro atoms. The van der Waals surface area contributed by atoms with Gasteiger partial charge < -0.3 is 15.3 Å². The molecule has 2 N–H and O–H groups in total. The number of amides is 2. The van der Waals surface area contributed by atoms with Crippen LogP contribution in [0, 0.1) is 11.8 Å². The fourth-order valence-corrected chi connectivity index (χ4v) is 2.76. The summed E-state index contributed by atoms with van der Waals surface area (Å²) in [7, 11) is 0. The van der Waals surface area contributed by atoms with Gasteiger partial charge in [0.1, 0.15) is 0 Å². The number of aliphatic hydroxyl groups excluding tert-OH is 1. The van der Waals surface area contributed by atoms with Crippen molar-refractivity contribution in [1.29, 1.82) is 0 Å². The van der Waals surface area contributed by atoms with Crippen molar-refractivity contribution in [2.45, 2.75) is 18.9 Å². The van der Waals surface area contributed by atoms with Gasteiger partial charge in [0.25, 0.3) is 5.91 Å². The third-order valence-corrected chi connectivity index (χ3v) is 4.24. The number of piperidine rings is 1. The summed E-state index contributed by atoms with van der Waals surface area (Å²) in [5.41, 5.74) is 1.92. The Bertz CT molecular complexity index is 827. The van der Waals surface area contributed by atoms with Gasteiger partial charge in [-0.1, -0.05) is 24.1 Å². The van der Waals surface area contributed by atoms with Crippen molar-refractivity contribution in [3.05, 3.63) is 65.7 Å². The van der Waals surface area contributed by atoms with Gasteiger partial charge in [-0.25, -0.2) is 0 Å². The van der Waals surface area contributed by atoms with E-state index in [4.69, 9.17) is 0 Å². The zero-order valence-corrected chi connectivity index (χ0v) is 14.3. The second-order valence-electron chi connectivity index (χ2n) is 6.17. The highest BCUT2D eigenvalue weighted by atomic mass is 16.3. The van der Waals surface area contributed by atoms with Gasteiger partial charge in [0.05, 0.1) is 6.10 Å². The number of rotatable bonds is 2. The van der Waals surface area contributed by atoms with Crippen LogP contribution < -0.4 is 5.32 Å². The number of hydrogen-bond donors (Lipinski definition) is 2. The fourth-order valence-electron chi connectivity index (χ4n) is 2.76. The number of nitrogens with one attached hydrogen (secondary N) is 1. The van der Waals surface area contributed by atoms with Crippen molar-refractivity contribution < 1.29 is 14.7 Å². The highest BCUT2D eigenvalue weighted by Crippen LogP contribution is 2.16. The Morgan fingerprint density at radius 3 is 2.31 bits per heavy atom. The molecule has 132 valence electrons. The lowest BCUT2D eigenvalue weighted by atomic mass is 10.1. The molecule has 1 aliphatic rings. The number of carbonyl (C=O) groups excluding carboxylic acids is 2. The van der Waals surface area contributed by atoms with Gasteiger partial charge in [0, 0.05) is 35.8 Å². The molecule has 5 nitrogen and oxygen atoms in total. The lowest BCUT2D eigenvalue weighted by molar-refractivity contribution is -0.111. The van der Waals surface area contributed by atoms with Gasteiger partial charge in [-0.05, 0) is 49.2 Å². The number of hydrogen-bond acceptors (Lipinski definition) is 3. The first-order chi connectivity index (χ1) is 12.6. The molecule has 5 heteroatoms. The minimum absolute atomic E-state index is 0.0568. The Kier molecular flexibility index (Phi) is 5.67. The van der Waals surface area contributed by atoms with Crippen LogP contribution in [0.15, 0.2) is 54.6 Å². The fraction of sp³-hybridized carbons (Fsp3) is 0.238. The van der Waals surface area contributed by atoms with Gasteiger partial charge in [-0.15, -0.1) is 0 Å². The largest absolute Gasteiger partial charge is 0.393 e. The number of carbonyl (C=O) groups is 2. The predicted octanol–water partition coefficient (Wildman–Crippen LogP) is 2.27.